The first kappa shape index (κ1) is 15.6. The number of carbonyl (C=O) groups is 2. The van der Waals surface area contributed by atoms with Crippen LogP contribution in [0.1, 0.15) is 24.8 Å². The maximum absolute atomic E-state index is 12.5. The van der Waals surface area contributed by atoms with Gasteiger partial charge in [-0.25, -0.2) is 4.79 Å². The van der Waals surface area contributed by atoms with E-state index in [-0.39, 0.29) is 17.9 Å². The number of piperazine rings is 1. The molecular weight excluding hydrogens is 296 g/mol. The van der Waals surface area contributed by atoms with Gasteiger partial charge in [0.05, 0.1) is 13.2 Å². The third kappa shape index (κ3) is 3.41. The molecule has 124 valence electrons. The Morgan fingerprint density at radius 1 is 1.17 bits per heavy atom. The minimum atomic E-state index is -0.294. The van der Waals surface area contributed by atoms with Gasteiger partial charge in [-0.05, 0) is 13.0 Å². The molecule has 6 nitrogen and oxygen atoms in total. The summed E-state index contributed by atoms with van der Waals surface area (Å²) in [7, 11) is 0. The molecule has 6 heteroatoms. The van der Waals surface area contributed by atoms with Crippen LogP contribution in [0.5, 0.6) is 5.75 Å². The molecule has 1 fully saturated rings. The van der Waals surface area contributed by atoms with Gasteiger partial charge in [0.1, 0.15) is 5.75 Å². The number of hydrogen-bond donors (Lipinski definition) is 0. The van der Waals surface area contributed by atoms with Gasteiger partial charge in [-0.3, -0.25) is 4.79 Å². The number of fused-ring (bicyclic) bond motifs is 1. The van der Waals surface area contributed by atoms with Crippen LogP contribution in [0.2, 0.25) is 0 Å². The standard InChI is InChI=1S/C17H22N2O4/c1-2-22-17(21)19-9-7-18(8-10-19)16(20)11-13-12-23-15-6-4-3-5-14(13)15/h3-6,13H,2,7-12H2,1H3. The third-order valence-corrected chi connectivity index (χ3v) is 4.38. The van der Waals surface area contributed by atoms with E-state index >= 15 is 0 Å². The predicted octanol–water partition coefficient (Wildman–Crippen LogP) is 1.85. The quantitative estimate of drug-likeness (QED) is 0.853. The van der Waals surface area contributed by atoms with Crippen molar-refractivity contribution in [1.82, 2.24) is 9.80 Å². The second kappa shape index (κ2) is 6.89. The summed E-state index contributed by atoms with van der Waals surface area (Å²) in [5.74, 6) is 1.14. The summed E-state index contributed by atoms with van der Waals surface area (Å²) < 4.78 is 10.6. The molecule has 3 rings (SSSR count). The number of nitrogens with zero attached hydrogens (tertiary/aromatic N) is 2. The lowest BCUT2D eigenvalue weighted by Crippen LogP contribution is -2.50. The monoisotopic (exact) mass is 318 g/mol. The van der Waals surface area contributed by atoms with Gasteiger partial charge in [-0.1, -0.05) is 18.2 Å². The Labute approximate surface area is 136 Å². The van der Waals surface area contributed by atoms with Gasteiger partial charge in [0.15, 0.2) is 0 Å². The number of carbonyl (C=O) groups excluding carboxylic acids is 2. The second-order valence-corrected chi connectivity index (χ2v) is 5.82. The van der Waals surface area contributed by atoms with Gasteiger partial charge < -0.3 is 19.3 Å². The van der Waals surface area contributed by atoms with E-state index in [2.05, 4.69) is 0 Å². The van der Waals surface area contributed by atoms with E-state index in [1.165, 1.54) is 0 Å². The van der Waals surface area contributed by atoms with Crippen LogP contribution in [-0.4, -0.2) is 61.2 Å². The zero-order chi connectivity index (χ0) is 16.2. The molecule has 1 aromatic carbocycles. The number of hydrogen-bond acceptors (Lipinski definition) is 4. The predicted molar refractivity (Wildman–Crippen MR) is 84.5 cm³/mol. The molecule has 2 amide bonds. The number of benzene rings is 1. The fraction of sp³-hybridized carbons (Fsp3) is 0.529. The molecule has 0 aliphatic carbocycles. The lowest BCUT2D eigenvalue weighted by Gasteiger charge is -2.34. The van der Waals surface area contributed by atoms with Crippen molar-refractivity contribution in [1.29, 1.82) is 0 Å². The number of amides is 2. The van der Waals surface area contributed by atoms with E-state index in [9.17, 15) is 9.59 Å². The Bertz CT molecular complexity index is 582. The van der Waals surface area contributed by atoms with Gasteiger partial charge >= 0.3 is 6.09 Å². The van der Waals surface area contributed by atoms with Crippen molar-refractivity contribution in [3.63, 3.8) is 0 Å². The summed E-state index contributed by atoms with van der Waals surface area (Å²) in [6, 6.07) is 7.89. The largest absolute Gasteiger partial charge is 0.493 e. The smallest absolute Gasteiger partial charge is 0.409 e. The molecule has 0 bridgehead atoms. The molecule has 0 aromatic heterocycles. The molecule has 1 unspecified atom stereocenters. The van der Waals surface area contributed by atoms with Crippen LogP contribution in [0, 0.1) is 0 Å². The van der Waals surface area contributed by atoms with E-state index in [1.807, 2.05) is 29.2 Å². The van der Waals surface area contributed by atoms with E-state index in [0.29, 0.717) is 45.8 Å². The molecular formula is C17H22N2O4. The topological polar surface area (TPSA) is 59.1 Å². The number of rotatable bonds is 3. The fourth-order valence-corrected chi connectivity index (χ4v) is 3.09. The summed E-state index contributed by atoms with van der Waals surface area (Å²) in [5.41, 5.74) is 1.12. The maximum Gasteiger partial charge on any atom is 0.409 e. The molecule has 2 aliphatic heterocycles. The minimum Gasteiger partial charge on any atom is -0.493 e. The van der Waals surface area contributed by atoms with Crippen LogP contribution in [0.3, 0.4) is 0 Å². The lowest BCUT2D eigenvalue weighted by atomic mass is 9.97. The van der Waals surface area contributed by atoms with Crippen LogP contribution in [-0.2, 0) is 9.53 Å². The molecule has 0 saturated carbocycles. The summed E-state index contributed by atoms with van der Waals surface area (Å²) in [4.78, 5) is 27.7. The Balaban J connectivity index is 1.52. The van der Waals surface area contributed by atoms with Crippen LogP contribution < -0.4 is 4.74 Å². The van der Waals surface area contributed by atoms with Crippen molar-refractivity contribution < 1.29 is 19.1 Å². The molecule has 0 N–H and O–H groups in total. The van der Waals surface area contributed by atoms with Gasteiger partial charge in [0.25, 0.3) is 0 Å². The SMILES string of the molecule is CCOC(=O)N1CCN(C(=O)CC2COc3ccccc32)CC1. The van der Waals surface area contributed by atoms with Crippen molar-refractivity contribution in [3.05, 3.63) is 29.8 Å². The molecule has 2 heterocycles. The number of ether oxygens (including phenoxy) is 2. The van der Waals surface area contributed by atoms with Crippen LogP contribution in [0.25, 0.3) is 0 Å². The maximum atomic E-state index is 12.5. The molecule has 0 spiro atoms. The summed E-state index contributed by atoms with van der Waals surface area (Å²) in [5, 5.41) is 0. The Morgan fingerprint density at radius 2 is 1.87 bits per heavy atom. The van der Waals surface area contributed by atoms with Crippen molar-refractivity contribution in [2.45, 2.75) is 19.3 Å². The van der Waals surface area contributed by atoms with Gasteiger partial charge in [-0.15, -0.1) is 0 Å². The highest BCUT2D eigenvalue weighted by Gasteiger charge is 2.30. The Hall–Kier alpha value is -2.24. The molecule has 1 aromatic rings. The van der Waals surface area contributed by atoms with E-state index in [1.54, 1.807) is 11.8 Å². The Morgan fingerprint density at radius 3 is 2.61 bits per heavy atom. The first-order valence-corrected chi connectivity index (χ1v) is 8.10. The zero-order valence-electron chi connectivity index (χ0n) is 13.4. The van der Waals surface area contributed by atoms with Crippen molar-refractivity contribution in [3.8, 4) is 5.75 Å². The fourth-order valence-electron chi connectivity index (χ4n) is 3.09. The lowest BCUT2D eigenvalue weighted by molar-refractivity contribution is -0.133. The average Bonchev–Trinajstić information content (AvgIpc) is 2.98. The van der Waals surface area contributed by atoms with Crippen LogP contribution >= 0.6 is 0 Å². The highest BCUT2D eigenvalue weighted by molar-refractivity contribution is 5.78. The highest BCUT2D eigenvalue weighted by atomic mass is 16.6. The van der Waals surface area contributed by atoms with E-state index in [0.717, 1.165) is 11.3 Å². The molecule has 1 atom stereocenters. The van der Waals surface area contributed by atoms with E-state index < -0.39 is 0 Å². The zero-order valence-corrected chi connectivity index (χ0v) is 13.4. The normalized spacial score (nSPS) is 20.0. The second-order valence-electron chi connectivity index (χ2n) is 5.82. The first-order valence-electron chi connectivity index (χ1n) is 8.10. The van der Waals surface area contributed by atoms with Gasteiger partial charge in [0.2, 0.25) is 5.91 Å². The van der Waals surface area contributed by atoms with Crippen molar-refractivity contribution in [2.75, 3.05) is 39.4 Å². The summed E-state index contributed by atoms with van der Waals surface area (Å²) >= 11 is 0. The van der Waals surface area contributed by atoms with Crippen molar-refractivity contribution in [2.24, 2.45) is 0 Å². The molecule has 1 saturated heterocycles. The molecule has 0 radical (unpaired) electrons. The van der Waals surface area contributed by atoms with Crippen LogP contribution in [0.4, 0.5) is 4.79 Å². The molecule has 2 aliphatic rings. The summed E-state index contributed by atoms with van der Waals surface area (Å²) in [6.07, 6.45) is 0.161. The van der Waals surface area contributed by atoms with Gasteiger partial charge in [0, 0.05) is 44.1 Å². The first-order chi connectivity index (χ1) is 11.2. The third-order valence-electron chi connectivity index (χ3n) is 4.38. The number of para-hydroxylation sites is 1. The van der Waals surface area contributed by atoms with E-state index in [4.69, 9.17) is 9.47 Å². The Kier molecular flexibility index (Phi) is 4.69. The average molecular weight is 318 g/mol. The summed E-state index contributed by atoms with van der Waals surface area (Å²) in [6.45, 7) is 4.91. The van der Waals surface area contributed by atoms with Gasteiger partial charge in [-0.2, -0.15) is 0 Å². The van der Waals surface area contributed by atoms with Crippen LogP contribution in [0.15, 0.2) is 24.3 Å². The molecule has 23 heavy (non-hydrogen) atoms. The van der Waals surface area contributed by atoms with Crippen molar-refractivity contribution >= 4 is 12.0 Å². The highest BCUT2D eigenvalue weighted by Crippen LogP contribution is 2.35. The minimum absolute atomic E-state index is 0.124.